The van der Waals surface area contributed by atoms with Crippen molar-refractivity contribution in [3.63, 3.8) is 0 Å². The van der Waals surface area contributed by atoms with Crippen LogP contribution in [0.2, 0.25) is 0 Å². The molecule has 1 aliphatic rings. The number of rotatable bonds is 0. The summed E-state index contributed by atoms with van der Waals surface area (Å²) in [5.74, 6) is 0. The van der Waals surface area contributed by atoms with E-state index in [1.165, 1.54) is 25.7 Å². The first-order valence-corrected chi connectivity index (χ1v) is 6.28. The zero-order valence-corrected chi connectivity index (χ0v) is 8.62. The van der Waals surface area contributed by atoms with Gasteiger partial charge in [0.15, 0.2) is 0 Å². The van der Waals surface area contributed by atoms with E-state index in [1.807, 2.05) is 0 Å². The van der Waals surface area contributed by atoms with Gasteiger partial charge in [0.05, 0.1) is 0 Å². The first kappa shape index (κ1) is 12.8. The van der Waals surface area contributed by atoms with Gasteiger partial charge in [-0.3, -0.25) is 0 Å². The van der Waals surface area contributed by atoms with Crippen LogP contribution in [-0.4, -0.2) is 0 Å². The van der Waals surface area contributed by atoms with E-state index in [0.717, 1.165) is 0 Å². The van der Waals surface area contributed by atoms with E-state index in [9.17, 15) is 13.3 Å². The average molecular weight is 287 g/mol. The fraction of sp³-hybridized carbons (Fsp3) is 0.500. The topological polar surface area (TPSA) is 0 Å². The van der Waals surface area contributed by atoms with Crippen molar-refractivity contribution in [1.29, 1.82) is 0 Å². The summed E-state index contributed by atoms with van der Waals surface area (Å²) in [6.07, 6.45) is 14.0. The minimum atomic E-state index is -6.78. The predicted molar refractivity (Wildman–Crippen MR) is 41.2 cm³/mol. The summed E-state index contributed by atoms with van der Waals surface area (Å²) >= 11 is -6.78. The molecule has 0 bridgehead atoms. The van der Waals surface area contributed by atoms with Crippen LogP contribution in [0.1, 0.15) is 25.7 Å². The van der Waals surface area contributed by atoms with Crippen molar-refractivity contribution in [2.45, 2.75) is 25.7 Å². The molecule has 0 saturated carbocycles. The van der Waals surface area contributed by atoms with Crippen LogP contribution < -0.4 is 0 Å². The molecule has 0 aromatic carbocycles. The quantitative estimate of drug-likeness (QED) is 0.353. The molecule has 1 aliphatic carbocycles. The van der Waals surface area contributed by atoms with Crippen molar-refractivity contribution in [2.75, 3.05) is 0 Å². The summed E-state index contributed by atoms with van der Waals surface area (Å²) in [5, 5.41) is 0. The van der Waals surface area contributed by atoms with Crippen LogP contribution in [0.5, 0.6) is 0 Å². The van der Waals surface area contributed by atoms with Crippen molar-refractivity contribution in [2.24, 2.45) is 0 Å². The first-order valence-electron chi connectivity index (χ1n) is 3.80. The van der Waals surface area contributed by atoms with Crippen molar-refractivity contribution in [1.82, 2.24) is 0 Å². The van der Waals surface area contributed by atoms with Gasteiger partial charge in [0.1, 0.15) is 0 Å². The molecule has 0 aromatic rings. The molecule has 0 spiro atoms. The molecule has 0 nitrogen and oxygen atoms in total. The third-order valence-electron chi connectivity index (χ3n) is 1.33. The summed E-state index contributed by atoms with van der Waals surface area (Å²) in [7, 11) is 0. The molecule has 5 heteroatoms. The Morgan fingerprint density at radius 3 is 0.923 bits per heavy atom. The Hall–Kier alpha value is -0.177. The zero-order valence-electron chi connectivity index (χ0n) is 6.98. The number of allylic oxidation sites excluding steroid dienone is 4. The third kappa shape index (κ3) is 18.6. The van der Waals surface area contributed by atoms with E-state index >= 15 is 0 Å². The molecule has 13 heavy (non-hydrogen) atoms. The maximum absolute atomic E-state index is 9.85. The molecule has 0 amide bonds. The van der Waals surface area contributed by atoms with Gasteiger partial charge in [-0.2, -0.15) is 0 Å². The van der Waals surface area contributed by atoms with E-state index in [-0.39, 0.29) is 0 Å². The summed E-state index contributed by atoms with van der Waals surface area (Å²) < 4.78 is 39.4. The standard InChI is InChI=1S/C8H12.4FH.Rh/c1-2-4-6-8-7-5-3-1;;;;;/h1-2,7-8H,3-6H2;4*1H;/q;;;;;+4/p-4. The van der Waals surface area contributed by atoms with Gasteiger partial charge < -0.3 is 0 Å². The summed E-state index contributed by atoms with van der Waals surface area (Å²) in [6.45, 7) is 0. The van der Waals surface area contributed by atoms with Crippen molar-refractivity contribution < 1.29 is 30.0 Å². The predicted octanol–water partition coefficient (Wildman–Crippen LogP) is 4.35. The molecule has 0 aromatic heterocycles. The molecule has 81 valence electrons. The van der Waals surface area contributed by atoms with Crippen LogP contribution in [0.25, 0.3) is 0 Å². The molecule has 0 N–H and O–H groups in total. The molecule has 1 rings (SSSR count). The van der Waals surface area contributed by atoms with Crippen LogP contribution in [0.4, 0.5) is 13.3 Å². The first-order chi connectivity index (χ1) is 6.00. The number of hydrogen-bond acceptors (Lipinski definition) is 0. The summed E-state index contributed by atoms with van der Waals surface area (Å²) in [5.41, 5.74) is 0. The third-order valence-corrected chi connectivity index (χ3v) is 1.33. The van der Waals surface area contributed by atoms with E-state index in [2.05, 4.69) is 24.3 Å². The number of halogens is 4. The van der Waals surface area contributed by atoms with Gasteiger partial charge in [-0.1, -0.05) is 24.3 Å². The number of hydrogen-bond donors (Lipinski definition) is 0. The van der Waals surface area contributed by atoms with E-state index in [0.29, 0.717) is 0 Å². The Morgan fingerprint density at radius 1 is 0.615 bits per heavy atom. The Kier molecular flexibility index (Phi) is 7.15. The maximum atomic E-state index is 9.85. The molecular weight excluding hydrogens is 275 g/mol. The molecular formula is C8H12F4Rh. The van der Waals surface area contributed by atoms with E-state index in [4.69, 9.17) is 0 Å². The summed E-state index contributed by atoms with van der Waals surface area (Å²) in [4.78, 5) is 0. The van der Waals surface area contributed by atoms with Gasteiger partial charge in [0, 0.05) is 0 Å². The van der Waals surface area contributed by atoms with Gasteiger partial charge in [-0.25, -0.2) is 0 Å². The second kappa shape index (κ2) is 7.25. The minimum absolute atomic E-state index is 1.23. The Labute approximate surface area is 80.4 Å². The summed E-state index contributed by atoms with van der Waals surface area (Å²) in [6, 6.07) is 0. The van der Waals surface area contributed by atoms with Crippen molar-refractivity contribution >= 4 is 0 Å². The molecule has 0 radical (unpaired) electrons. The molecule has 0 heterocycles. The zero-order chi connectivity index (χ0) is 10.2. The van der Waals surface area contributed by atoms with Crippen LogP contribution in [0.15, 0.2) is 24.3 Å². The average Bonchev–Trinajstić information content (AvgIpc) is 1.79. The fourth-order valence-corrected chi connectivity index (χ4v) is 0.856. The van der Waals surface area contributed by atoms with Gasteiger partial charge >= 0.3 is 30.0 Å². The Morgan fingerprint density at radius 2 is 0.769 bits per heavy atom. The van der Waals surface area contributed by atoms with Gasteiger partial charge in [-0.15, -0.1) is 0 Å². The van der Waals surface area contributed by atoms with Gasteiger partial charge in [0.25, 0.3) is 0 Å². The molecule has 0 fully saturated rings. The molecule has 0 saturated heterocycles. The van der Waals surface area contributed by atoms with E-state index < -0.39 is 16.8 Å². The van der Waals surface area contributed by atoms with Crippen LogP contribution in [-0.2, 0) is 16.8 Å². The van der Waals surface area contributed by atoms with Crippen LogP contribution in [0.3, 0.4) is 0 Å². The van der Waals surface area contributed by atoms with Crippen molar-refractivity contribution in [3.05, 3.63) is 24.3 Å². The van der Waals surface area contributed by atoms with Gasteiger partial charge in [-0.05, 0) is 25.7 Å². The van der Waals surface area contributed by atoms with Gasteiger partial charge in [0.2, 0.25) is 0 Å². The molecule has 0 atom stereocenters. The van der Waals surface area contributed by atoms with Crippen LogP contribution in [0, 0.1) is 0 Å². The van der Waals surface area contributed by atoms with Crippen molar-refractivity contribution in [3.8, 4) is 0 Å². The molecule has 0 aliphatic heterocycles. The molecule has 0 unspecified atom stereocenters. The SMILES string of the molecule is C1=CCCC=CCC1.[F][Rh]([F])([F])[F]. The Bertz CT molecular complexity index is 139. The van der Waals surface area contributed by atoms with Crippen LogP contribution >= 0.6 is 0 Å². The monoisotopic (exact) mass is 287 g/mol. The fourth-order valence-electron chi connectivity index (χ4n) is 0.856. The second-order valence-electron chi connectivity index (χ2n) is 2.38. The Balaban J connectivity index is 0.000000252. The van der Waals surface area contributed by atoms with E-state index in [1.54, 1.807) is 0 Å². The normalized spacial score (nSPS) is 18.2. The second-order valence-corrected chi connectivity index (χ2v) is 3.79.